The van der Waals surface area contributed by atoms with Crippen LogP contribution in [0.2, 0.25) is 0 Å². The summed E-state index contributed by atoms with van der Waals surface area (Å²) in [7, 11) is 0. The fourth-order valence-electron chi connectivity index (χ4n) is 2.62. The lowest BCUT2D eigenvalue weighted by molar-refractivity contribution is -0.122. The Hall–Kier alpha value is -2.38. The van der Waals surface area contributed by atoms with Gasteiger partial charge < -0.3 is 9.47 Å². The summed E-state index contributed by atoms with van der Waals surface area (Å²) < 4.78 is 11.8. The van der Waals surface area contributed by atoms with Gasteiger partial charge in [-0.05, 0) is 43.7 Å². The Morgan fingerprint density at radius 3 is 2.74 bits per heavy atom. The molecule has 140 valence electrons. The summed E-state index contributed by atoms with van der Waals surface area (Å²) in [4.78, 5) is 19.1. The number of benzene rings is 1. The molecule has 0 unspecified atom stereocenters. The maximum absolute atomic E-state index is 12.8. The first-order valence-corrected chi connectivity index (χ1v) is 9.88. The zero-order valence-electron chi connectivity index (χ0n) is 15.2. The van der Waals surface area contributed by atoms with Gasteiger partial charge >= 0.3 is 0 Å². The minimum Gasteiger partial charge on any atom is -0.494 e. The molecule has 1 aromatic carbocycles. The van der Waals surface area contributed by atoms with E-state index in [1.807, 2.05) is 50.3 Å². The highest BCUT2D eigenvalue weighted by molar-refractivity contribution is 8.26. The van der Waals surface area contributed by atoms with Gasteiger partial charge in [-0.1, -0.05) is 30.0 Å². The second-order valence-electron chi connectivity index (χ2n) is 5.69. The van der Waals surface area contributed by atoms with E-state index in [1.165, 1.54) is 11.8 Å². The molecular formula is C20H20N2O3S2. The van der Waals surface area contributed by atoms with E-state index in [1.54, 1.807) is 17.3 Å². The third kappa shape index (κ3) is 4.67. The van der Waals surface area contributed by atoms with Crippen molar-refractivity contribution in [1.29, 1.82) is 0 Å². The Kier molecular flexibility index (Phi) is 6.47. The number of carbonyl (C=O) groups excluding carboxylic acids is 1. The number of thiocarbonyl (C=S) groups is 1. The van der Waals surface area contributed by atoms with Gasteiger partial charge in [0.15, 0.2) is 0 Å². The number of hydrogen-bond donors (Lipinski definition) is 0. The Labute approximate surface area is 168 Å². The van der Waals surface area contributed by atoms with E-state index in [0.717, 1.165) is 16.9 Å². The Morgan fingerprint density at radius 1 is 1.22 bits per heavy atom. The molecule has 0 atom stereocenters. The monoisotopic (exact) mass is 400 g/mol. The minimum atomic E-state index is -0.106. The van der Waals surface area contributed by atoms with Crippen molar-refractivity contribution in [2.75, 3.05) is 13.2 Å². The third-order valence-electron chi connectivity index (χ3n) is 3.82. The Morgan fingerprint density at radius 2 is 2.04 bits per heavy atom. The summed E-state index contributed by atoms with van der Waals surface area (Å²) in [5.74, 6) is 1.31. The van der Waals surface area contributed by atoms with Gasteiger partial charge in [-0.25, -0.2) is 0 Å². The minimum absolute atomic E-state index is 0.106. The van der Waals surface area contributed by atoms with E-state index in [9.17, 15) is 4.79 Å². The van der Waals surface area contributed by atoms with Crippen molar-refractivity contribution < 1.29 is 14.3 Å². The summed E-state index contributed by atoms with van der Waals surface area (Å²) in [5, 5.41) is 0. The standard InChI is InChI=1S/C20H20N2O3S2/c1-3-24-16-8-7-15(17(11-16)25-4-2)10-18-19(23)22(20(26)27-18)13-14-6-5-9-21-12-14/h5-12H,3-4,13H2,1-2H3/b18-10-. The summed E-state index contributed by atoms with van der Waals surface area (Å²) in [5.41, 5.74) is 1.76. The van der Waals surface area contributed by atoms with Crippen LogP contribution in [0.3, 0.4) is 0 Å². The number of rotatable bonds is 7. The Balaban J connectivity index is 1.84. The average molecular weight is 401 g/mol. The van der Waals surface area contributed by atoms with E-state index in [2.05, 4.69) is 4.98 Å². The summed E-state index contributed by atoms with van der Waals surface area (Å²) in [6.07, 6.45) is 5.26. The molecule has 0 spiro atoms. The molecule has 1 aliphatic heterocycles. The van der Waals surface area contributed by atoms with Gasteiger partial charge in [0.1, 0.15) is 15.8 Å². The zero-order chi connectivity index (χ0) is 19.2. The highest BCUT2D eigenvalue weighted by atomic mass is 32.2. The lowest BCUT2D eigenvalue weighted by Crippen LogP contribution is -2.27. The molecule has 1 aromatic heterocycles. The number of hydrogen-bond acceptors (Lipinski definition) is 6. The van der Waals surface area contributed by atoms with E-state index < -0.39 is 0 Å². The fraction of sp³-hybridized carbons (Fsp3) is 0.250. The number of ether oxygens (including phenoxy) is 2. The molecule has 1 fully saturated rings. The molecule has 0 N–H and O–H groups in total. The maximum atomic E-state index is 12.8. The van der Waals surface area contributed by atoms with Crippen LogP contribution in [0.25, 0.3) is 6.08 Å². The number of thioether (sulfide) groups is 1. The van der Waals surface area contributed by atoms with Gasteiger partial charge in [0.2, 0.25) is 0 Å². The summed E-state index contributed by atoms with van der Waals surface area (Å²) >= 11 is 6.70. The van der Waals surface area contributed by atoms with Crippen molar-refractivity contribution in [3.63, 3.8) is 0 Å². The van der Waals surface area contributed by atoms with Crippen molar-refractivity contribution in [3.8, 4) is 11.5 Å². The van der Waals surface area contributed by atoms with E-state index in [4.69, 9.17) is 21.7 Å². The van der Waals surface area contributed by atoms with Gasteiger partial charge in [-0.3, -0.25) is 14.7 Å². The molecule has 0 bridgehead atoms. The molecule has 1 aliphatic rings. The third-order valence-corrected chi connectivity index (χ3v) is 5.20. The first kappa shape index (κ1) is 19.4. The van der Waals surface area contributed by atoms with Crippen molar-refractivity contribution in [3.05, 3.63) is 58.8 Å². The summed E-state index contributed by atoms with van der Waals surface area (Å²) in [6.45, 7) is 5.38. The van der Waals surface area contributed by atoms with Crippen LogP contribution < -0.4 is 9.47 Å². The molecule has 1 amide bonds. The van der Waals surface area contributed by atoms with E-state index in [-0.39, 0.29) is 5.91 Å². The topological polar surface area (TPSA) is 51.7 Å². The second kappa shape index (κ2) is 9.01. The number of amides is 1. The predicted octanol–water partition coefficient (Wildman–Crippen LogP) is 4.28. The first-order chi connectivity index (χ1) is 13.1. The number of aromatic nitrogens is 1. The van der Waals surface area contributed by atoms with Gasteiger partial charge in [-0.2, -0.15) is 0 Å². The van der Waals surface area contributed by atoms with Gasteiger partial charge in [0.25, 0.3) is 5.91 Å². The lowest BCUT2D eigenvalue weighted by Gasteiger charge is -2.14. The van der Waals surface area contributed by atoms with Gasteiger partial charge in [-0.15, -0.1) is 0 Å². The highest BCUT2D eigenvalue weighted by Crippen LogP contribution is 2.36. The number of carbonyl (C=O) groups is 1. The molecule has 5 nitrogen and oxygen atoms in total. The quantitative estimate of drug-likeness (QED) is 0.511. The van der Waals surface area contributed by atoms with Crippen molar-refractivity contribution >= 4 is 40.3 Å². The second-order valence-corrected chi connectivity index (χ2v) is 7.37. The SMILES string of the molecule is CCOc1ccc(/C=C2\SC(=S)N(Cc3cccnc3)C2=O)c(OCC)c1. The van der Waals surface area contributed by atoms with Crippen molar-refractivity contribution in [2.24, 2.45) is 0 Å². The van der Waals surface area contributed by atoms with Crippen LogP contribution in [0, 0.1) is 0 Å². The predicted molar refractivity (Wildman–Crippen MR) is 112 cm³/mol. The Bertz CT molecular complexity index is 869. The first-order valence-electron chi connectivity index (χ1n) is 8.66. The maximum Gasteiger partial charge on any atom is 0.266 e. The fourth-order valence-corrected chi connectivity index (χ4v) is 3.87. The van der Waals surface area contributed by atoms with Crippen molar-refractivity contribution in [1.82, 2.24) is 9.88 Å². The van der Waals surface area contributed by atoms with E-state index >= 15 is 0 Å². The van der Waals surface area contributed by atoms with Crippen LogP contribution in [-0.2, 0) is 11.3 Å². The van der Waals surface area contributed by atoms with Crippen LogP contribution in [0.1, 0.15) is 25.0 Å². The smallest absolute Gasteiger partial charge is 0.266 e. The molecule has 3 rings (SSSR count). The molecule has 2 aromatic rings. The largest absolute Gasteiger partial charge is 0.494 e. The van der Waals surface area contributed by atoms with Crippen molar-refractivity contribution in [2.45, 2.75) is 20.4 Å². The molecule has 2 heterocycles. The molecule has 0 saturated carbocycles. The molecule has 27 heavy (non-hydrogen) atoms. The molecule has 0 aliphatic carbocycles. The normalized spacial score (nSPS) is 15.5. The average Bonchev–Trinajstić information content (AvgIpc) is 2.93. The van der Waals surface area contributed by atoms with E-state index in [0.29, 0.717) is 34.7 Å². The zero-order valence-corrected chi connectivity index (χ0v) is 16.8. The van der Waals surface area contributed by atoms with Crippen LogP contribution in [-0.4, -0.2) is 33.3 Å². The lowest BCUT2D eigenvalue weighted by atomic mass is 10.1. The number of nitrogens with zero attached hydrogens (tertiary/aromatic N) is 2. The highest BCUT2D eigenvalue weighted by Gasteiger charge is 2.32. The van der Waals surface area contributed by atoms with Gasteiger partial charge in [0.05, 0.1) is 24.7 Å². The van der Waals surface area contributed by atoms with Crippen LogP contribution in [0.5, 0.6) is 11.5 Å². The molecule has 0 radical (unpaired) electrons. The van der Waals surface area contributed by atoms with Crippen LogP contribution in [0.15, 0.2) is 47.6 Å². The molecule has 1 saturated heterocycles. The van der Waals surface area contributed by atoms with Gasteiger partial charge in [0, 0.05) is 24.0 Å². The number of pyridine rings is 1. The summed E-state index contributed by atoms with van der Waals surface area (Å²) in [6, 6.07) is 9.37. The van der Waals surface area contributed by atoms with Crippen LogP contribution in [0.4, 0.5) is 0 Å². The molecule has 7 heteroatoms. The van der Waals surface area contributed by atoms with Crippen LogP contribution >= 0.6 is 24.0 Å². The molecular weight excluding hydrogens is 380 g/mol.